The monoisotopic (exact) mass is 381 g/mol. The normalized spacial score (nSPS) is 14.4. The summed E-state index contributed by atoms with van der Waals surface area (Å²) in [6.07, 6.45) is -2.36. The van der Waals surface area contributed by atoms with E-state index in [-0.39, 0.29) is 18.9 Å². The molecule has 0 spiro atoms. The Hall–Kier alpha value is -2.97. The molecule has 0 saturated carbocycles. The predicted molar refractivity (Wildman–Crippen MR) is 91.9 cm³/mol. The molecule has 2 heterocycles. The zero-order valence-electron chi connectivity index (χ0n) is 14.5. The number of fused-ring (bicyclic) bond motifs is 1. The van der Waals surface area contributed by atoms with Gasteiger partial charge in [0.15, 0.2) is 11.4 Å². The molecule has 0 fully saturated rings. The molecule has 0 radical (unpaired) electrons. The van der Waals surface area contributed by atoms with Crippen LogP contribution in [0.25, 0.3) is 0 Å². The van der Waals surface area contributed by atoms with Gasteiger partial charge < -0.3 is 10.0 Å². The van der Waals surface area contributed by atoms with Crippen LogP contribution in [0.1, 0.15) is 35.0 Å². The van der Waals surface area contributed by atoms with Gasteiger partial charge in [-0.1, -0.05) is 19.1 Å². The van der Waals surface area contributed by atoms with E-state index in [9.17, 15) is 27.9 Å². The maximum atomic E-state index is 12.7. The van der Waals surface area contributed by atoms with Gasteiger partial charge in [0.1, 0.15) is 6.67 Å². The molecule has 1 amide bonds. The van der Waals surface area contributed by atoms with Crippen molar-refractivity contribution in [2.45, 2.75) is 26.1 Å². The summed E-state index contributed by atoms with van der Waals surface area (Å²) in [5.41, 5.74) is -0.955. The highest BCUT2D eigenvalue weighted by Gasteiger charge is 2.32. The van der Waals surface area contributed by atoms with Gasteiger partial charge in [-0.25, -0.2) is 0 Å². The van der Waals surface area contributed by atoms with E-state index in [1.165, 1.54) is 27.9 Å². The number of carbonyl (C=O) groups is 1. The van der Waals surface area contributed by atoms with Gasteiger partial charge in [0.25, 0.3) is 5.91 Å². The minimum atomic E-state index is -4.41. The molecule has 3 rings (SSSR count). The first-order valence-electron chi connectivity index (χ1n) is 8.37. The molecule has 0 bridgehead atoms. The fourth-order valence-corrected chi connectivity index (χ4v) is 3.01. The van der Waals surface area contributed by atoms with Crippen molar-refractivity contribution >= 4 is 5.91 Å². The Morgan fingerprint density at radius 1 is 1.11 bits per heavy atom. The van der Waals surface area contributed by atoms with Crippen LogP contribution in [0, 0.1) is 0 Å². The van der Waals surface area contributed by atoms with Crippen molar-refractivity contribution in [3.63, 3.8) is 0 Å². The summed E-state index contributed by atoms with van der Waals surface area (Å²) in [6, 6.07) is 5.87. The summed E-state index contributed by atoms with van der Waals surface area (Å²) in [4.78, 5) is 25.8. The van der Waals surface area contributed by atoms with E-state index in [4.69, 9.17) is 0 Å². The van der Waals surface area contributed by atoms with Crippen LogP contribution in [0.3, 0.4) is 0 Å². The molecule has 0 saturated heterocycles. The van der Waals surface area contributed by atoms with Gasteiger partial charge in [0, 0.05) is 18.8 Å². The molecule has 6 nitrogen and oxygen atoms in total. The van der Waals surface area contributed by atoms with Crippen molar-refractivity contribution in [1.82, 2.24) is 9.58 Å². The first-order chi connectivity index (χ1) is 12.7. The van der Waals surface area contributed by atoms with E-state index >= 15 is 0 Å². The number of amides is 1. The van der Waals surface area contributed by atoms with Gasteiger partial charge >= 0.3 is 6.18 Å². The Labute approximate surface area is 153 Å². The lowest BCUT2D eigenvalue weighted by molar-refractivity contribution is -0.137. The molecule has 1 N–H and O–H groups in total. The lowest BCUT2D eigenvalue weighted by Crippen LogP contribution is -2.53. The second-order valence-corrected chi connectivity index (χ2v) is 6.29. The third kappa shape index (κ3) is 3.62. The summed E-state index contributed by atoms with van der Waals surface area (Å²) >= 11 is 0. The summed E-state index contributed by atoms with van der Waals surface area (Å²) in [5, 5.41) is 11.8. The quantitative estimate of drug-likeness (QED) is 0.884. The number of alkyl halides is 3. The first-order valence-corrected chi connectivity index (χ1v) is 8.37. The molecule has 27 heavy (non-hydrogen) atoms. The second-order valence-electron chi connectivity index (χ2n) is 6.29. The van der Waals surface area contributed by atoms with Crippen molar-refractivity contribution in [2.75, 3.05) is 18.2 Å². The Morgan fingerprint density at radius 2 is 1.78 bits per heavy atom. The molecular formula is C18H18F3N3O3. The van der Waals surface area contributed by atoms with Gasteiger partial charge in [-0.3, -0.25) is 19.3 Å². The lowest BCUT2D eigenvalue weighted by atomic mass is 10.1. The number of pyridine rings is 1. The van der Waals surface area contributed by atoms with Crippen LogP contribution < -0.4 is 10.4 Å². The number of benzene rings is 1. The highest BCUT2D eigenvalue weighted by molar-refractivity contribution is 5.96. The molecule has 1 aromatic carbocycles. The Morgan fingerprint density at radius 3 is 2.37 bits per heavy atom. The molecule has 0 unspecified atom stereocenters. The molecule has 0 atom stereocenters. The average molecular weight is 381 g/mol. The molecule has 9 heteroatoms. The zero-order valence-corrected chi connectivity index (χ0v) is 14.5. The maximum Gasteiger partial charge on any atom is 0.416 e. The Kier molecular flexibility index (Phi) is 4.86. The zero-order chi connectivity index (χ0) is 19.8. The largest absolute Gasteiger partial charge is 0.502 e. The number of nitrogens with zero attached hydrogens (tertiary/aromatic N) is 3. The van der Waals surface area contributed by atoms with Crippen LogP contribution in [0.2, 0.25) is 0 Å². The molecule has 1 aliphatic rings. The van der Waals surface area contributed by atoms with E-state index in [0.717, 1.165) is 18.2 Å². The summed E-state index contributed by atoms with van der Waals surface area (Å²) < 4.78 is 39.5. The third-order valence-corrected chi connectivity index (χ3v) is 4.32. The molecule has 144 valence electrons. The molecular weight excluding hydrogens is 363 g/mol. The van der Waals surface area contributed by atoms with Crippen LogP contribution in [0.4, 0.5) is 13.2 Å². The summed E-state index contributed by atoms with van der Waals surface area (Å²) in [6.45, 7) is 2.69. The topological polar surface area (TPSA) is 65.8 Å². The fraction of sp³-hybridized carbons (Fsp3) is 0.333. The van der Waals surface area contributed by atoms with E-state index in [1.54, 1.807) is 5.01 Å². The highest BCUT2D eigenvalue weighted by Crippen LogP contribution is 2.29. The first kappa shape index (κ1) is 18.8. The standard InChI is InChI=1S/C18H18F3N3O3/c1-2-8-22-11-23(10-12-3-5-13(6-4-12)18(19,20)21)24-9-7-14(25)16(26)15(24)17(22)27/h3-7,9,26H,2,8,10-11H2,1H3. The number of carbonyl (C=O) groups excluding carboxylic acids is 1. The smallest absolute Gasteiger partial charge is 0.416 e. The van der Waals surface area contributed by atoms with Crippen LogP contribution in [-0.4, -0.2) is 33.8 Å². The molecule has 2 aromatic rings. The summed E-state index contributed by atoms with van der Waals surface area (Å²) in [5.74, 6) is -1.10. The van der Waals surface area contributed by atoms with E-state index in [2.05, 4.69) is 0 Å². The van der Waals surface area contributed by atoms with Gasteiger partial charge in [0.05, 0.1) is 12.1 Å². The lowest BCUT2D eigenvalue weighted by Gasteiger charge is -2.39. The van der Waals surface area contributed by atoms with Gasteiger partial charge in [0.2, 0.25) is 5.43 Å². The van der Waals surface area contributed by atoms with Crippen molar-refractivity contribution in [3.8, 4) is 5.75 Å². The minimum absolute atomic E-state index is 0.144. The minimum Gasteiger partial charge on any atom is -0.502 e. The fourth-order valence-electron chi connectivity index (χ4n) is 3.01. The third-order valence-electron chi connectivity index (χ3n) is 4.32. The van der Waals surface area contributed by atoms with Gasteiger partial charge in [-0.05, 0) is 24.1 Å². The van der Waals surface area contributed by atoms with Crippen LogP contribution >= 0.6 is 0 Å². The number of halogens is 3. The van der Waals surface area contributed by atoms with Crippen LogP contribution in [-0.2, 0) is 12.7 Å². The van der Waals surface area contributed by atoms with Crippen LogP contribution in [0.15, 0.2) is 41.3 Å². The predicted octanol–water partition coefficient (Wildman–Crippen LogP) is 2.53. The van der Waals surface area contributed by atoms with E-state index in [0.29, 0.717) is 18.5 Å². The number of aromatic nitrogens is 1. The number of hydrogen-bond acceptors (Lipinski definition) is 4. The Balaban J connectivity index is 1.95. The van der Waals surface area contributed by atoms with Crippen molar-refractivity contribution in [1.29, 1.82) is 0 Å². The second kappa shape index (κ2) is 6.98. The SMILES string of the molecule is CCCN1CN(Cc2ccc(C(F)(F)F)cc2)n2ccc(=O)c(O)c2C1=O. The molecule has 1 aromatic heterocycles. The highest BCUT2D eigenvalue weighted by atomic mass is 19.4. The van der Waals surface area contributed by atoms with Crippen molar-refractivity contribution < 1.29 is 23.1 Å². The van der Waals surface area contributed by atoms with Crippen molar-refractivity contribution in [3.05, 3.63) is 63.6 Å². The average Bonchev–Trinajstić information content (AvgIpc) is 2.61. The maximum absolute atomic E-state index is 12.7. The number of aromatic hydroxyl groups is 1. The molecule has 0 aliphatic carbocycles. The van der Waals surface area contributed by atoms with E-state index < -0.39 is 28.8 Å². The van der Waals surface area contributed by atoms with Crippen molar-refractivity contribution in [2.24, 2.45) is 0 Å². The Bertz CT molecular complexity index is 907. The summed E-state index contributed by atoms with van der Waals surface area (Å²) in [7, 11) is 0. The number of rotatable bonds is 4. The van der Waals surface area contributed by atoms with Crippen LogP contribution in [0.5, 0.6) is 5.75 Å². The van der Waals surface area contributed by atoms with E-state index in [1.807, 2.05) is 6.92 Å². The van der Waals surface area contributed by atoms with Gasteiger partial charge in [-0.15, -0.1) is 0 Å². The number of hydrogen-bond donors (Lipinski definition) is 1. The molecule has 1 aliphatic heterocycles. The van der Waals surface area contributed by atoms with Gasteiger partial charge in [-0.2, -0.15) is 13.2 Å².